The number of rotatable bonds is 4. The van der Waals surface area contributed by atoms with Crippen molar-refractivity contribution in [2.75, 3.05) is 0 Å². The lowest BCUT2D eigenvalue weighted by atomic mass is 9.54. The SMILES string of the molecule is Cc1ccc(S(=O)(=O)OC2C3CC(C2C(=O)OC(C)(C)C)C2C4OC(C32)C2C3CC(C5C6C=CC(C6)C35)C42)cc1. The zero-order chi connectivity index (χ0) is 27.5. The summed E-state index contributed by atoms with van der Waals surface area (Å²) in [6.07, 6.45) is 8.22. The summed E-state index contributed by atoms with van der Waals surface area (Å²) in [4.78, 5) is 13.9. The molecule has 8 bridgehead atoms. The molecular formula is C33H40O6S. The standard InChI is InChI=1S/C33H40O6S/c1-14-5-9-17(10-6-14)40(35,36)39-29-21-13-20(28(29)32(34)38-33(2,3)4)26-27(21)31-25-19-12-18(24(25)30(26)37-31)22-15-7-8-16(11-15)23(19)22/h5-10,15-16,18-31H,11-13H2,1-4H3. The van der Waals surface area contributed by atoms with E-state index in [1.165, 1.54) is 12.8 Å². The highest BCUT2D eigenvalue weighted by Gasteiger charge is 2.79. The molecule has 2 heterocycles. The molecule has 7 heteroatoms. The van der Waals surface area contributed by atoms with Gasteiger partial charge in [-0.05, 0) is 130 Å². The van der Waals surface area contributed by atoms with Crippen LogP contribution in [0.3, 0.4) is 0 Å². The normalized spacial score (nSPS) is 51.9. The van der Waals surface area contributed by atoms with E-state index >= 15 is 0 Å². The summed E-state index contributed by atoms with van der Waals surface area (Å²) in [5, 5.41) is 0. The first-order chi connectivity index (χ1) is 19.0. The Morgan fingerprint density at radius 3 is 1.95 bits per heavy atom. The summed E-state index contributed by atoms with van der Waals surface area (Å²) in [5.74, 6) is 5.62. The lowest BCUT2D eigenvalue weighted by Crippen LogP contribution is -2.54. The molecule has 0 N–H and O–H groups in total. The number of hydrogen-bond acceptors (Lipinski definition) is 6. The number of benzene rings is 1. The van der Waals surface area contributed by atoms with E-state index in [0.29, 0.717) is 17.8 Å². The molecule has 16 atom stereocenters. The van der Waals surface area contributed by atoms with Crippen molar-refractivity contribution in [2.45, 2.75) is 75.8 Å². The molecule has 2 aliphatic heterocycles. The maximum absolute atomic E-state index is 13.8. The molecule has 0 radical (unpaired) electrons. The van der Waals surface area contributed by atoms with Gasteiger partial charge in [-0.25, -0.2) is 0 Å². The Morgan fingerprint density at radius 1 is 0.800 bits per heavy atom. The third-order valence-corrected chi connectivity index (χ3v) is 14.1. The van der Waals surface area contributed by atoms with Crippen LogP contribution < -0.4 is 0 Å². The van der Waals surface area contributed by atoms with Gasteiger partial charge >= 0.3 is 5.97 Å². The third kappa shape index (κ3) is 3.07. The van der Waals surface area contributed by atoms with Crippen LogP contribution in [0.25, 0.3) is 0 Å². The van der Waals surface area contributed by atoms with Crippen LogP contribution in [-0.2, 0) is 28.6 Å². The van der Waals surface area contributed by atoms with Gasteiger partial charge in [0.2, 0.25) is 0 Å². The zero-order valence-electron chi connectivity index (χ0n) is 23.7. The summed E-state index contributed by atoms with van der Waals surface area (Å²) in [6, 6.07) is 6.78. The summed E-state index contributed by atoms with van der Waals surface area (Å²) in [6.45, 7) is 7.56. The Bertz CT molecular complexity index is 1410. The molecule has 0 aromatic heterocycles. The molecule has 6 aliphatic carbocycles. The van der Waals surface area contributed by atoms with Gasteiger partial charge < -0.3 is 9.47 Å². The Labute approximate surface area is 237 Å². The number of carbonyl (C=O) groups is 1. The highest BCUT2D eigenvalue weighted by atomic mass is 32.2. The molecule has 40 heavy (non-hydrogen) atoms. The van der Waals surface area contributed by atoms with Crippen molar-refractivity contribution in [1.82, 2.24) is 0 Å². The van der Waals surface area contributed by atoms with Gasteiger partial charge in [-0.1, -0.05) is 29.8 Å². The highest BCUT2D eigenvalue weighted by molar-refractivity contribution is 7.86. The molecule has 6 nitrogen and oxygen atoms in total. The van der Waals surface area contributed by atoms with Gasteiger partial charge in [0.05, 0.1) is 29.1 Å². The number of esters is 1. The van der Waals surface area contributed by atoms with E-state index in [-0.39, 0.29) is 40.8 Å². The van der Waals surface area contributed by atoms with E-state index < -0.39 is 27.7 Å². The number of ether oxygens (including phenoxy) is 2. The van der Waals surface area contributed by atoms with Gasteiger partial charge in [0.25, 0.3) is 10.1 Å². The summed E-state index contributed by atoms with van der Waals surface area (Å²) in [5.41, 5.74) is 0.338. The van der Waals surface area contributed by atoms with Gasteiger partial charge in [0.1, 0.15) is 5.60 Å². The van der Waals surface area contributed by atoms with Crippen LogP contribution in [0.5, 0.6) is 0 Å². The minimum atomic E-state index is -4.03. The minimum Gasteiger partial charge on any atom is -0.460 e. The number of allylic oxidation sites excluding steroid dienone is 2. The van der Waals surface area contributed by atoms with Crippen LogP contribution in [0.4, 0.5) is 0 Å². The molecule has 5 saturated carbocycles. The van der Waals surface area contributed by atoms with Crippen LogP contribution in [0.15, 0.2) is 41.3 Å². The Balaban J connectivity index is 1.06. The van der Waals surface area contributed by atoms with Gasteiger partial charge in [-0.3, -0.25) is 8.98 Å². The van der Waals surface area contributed by atoms with Crippen molar-refractivity contribution in [2.24, 2.45) is 76.9 Å². The average Bonchev–Trinajstić information content (AvgIpc) is 3.71. The average molecular weight is 565 g/mol. The van der Waals surface area contributed by atoms with E-state index in [9.17, 15) is 13.2 Å². The Kier molecular flexibility index (Phi) is 4.86. The Morgan fingerprint density at radius 2 is 1.35 bits per heavy atom. The second-order valence-electron chi connectivity index (χ2n) is 15.5. The molecule has 7 fully saturated rings. The van der Waals surface area contributed by atoms with Gasteiger partial charge in [-0.2, -0.15) is 8.42 Å². The predicted molar refractivity (Wildman–Crippen MR) is 146 cm³/mol. The van der Waals surface area contributed by atoms with Crippen LogP contribution in [0.2, 0.25) is 0 Å². The third-order valence-electron chi connectivity index (χ3n) is 12.8. The number of aryl methyl sites for hydroxylation is 1. The van der Waals surface area contributed by atoms with Crippen molar-refractivity contribution >= 4 is 16.1 Å². The first kappa shape index (κ1) is 24.9. The molecule has 2 saturated heterocycles. The second kappa shape index (κ2) is 7.82. The van der Waals surface area contributed by atoms with Crippen molar-refractivity contribution in [3.63, 3.8) is 0 Å². The van der Waals surface area contributed by atoms with E-state index in [1.807, 2.05) is 27.7 Å². The van der Waals surface area contributed by atoms with Gasteiger partial charge in [-0.15, -0.1) is 0 Å². The quantitative estimate of drug-likeness (QED) is 0.221. The number of carbonyl (C=O) groups excluding carboxylic acids is 1. The van der Waals surface area contributed by atoms with Gasteiger partial charge in [0, 0.05) is 0 Å². The monoisotopic (exact) mass is 564 g/mol. The lowest BCUT2D eigenvalue weighted by molar-refractivity contribution is -0.168. The summed E-state index contributed by atoms with van der Waals surface area (Å²) >= 11 is 0. The number of fused-ring (bicyclic) bond motifs is 23. The van der Waals surface area contributed by atoms with Crippen LogP contribution in [0.1, 0.15) is 45.6 Å². The maximum Gasteiger partial charge on any atom is 0.312 e. The van der Waals surface area contributed by atoms with Crippen LogP contribution in [-0.4, -0.2) is 38.3 Å². The molecule has 9 rings (SSSR count). The first-order valence-corrected chi connectivity index (χ1v) is 17.0. The first-order valence-electron chi connectivity index (χ1n) is 15.6. The fourth-order valence-corrected chi connectivity index (χ4v) is 13.3. The molecule has 0 amide bonds. The van der Waals surface area contributed by atoms with Crippen LogP contribution in [0, 0.1) is 83.9 Å². The molecule has 8 aliphatic rings. The summed E-state index contributed by atoms with van der Waals surface area (Å²) < 4.78 is 46.1. The number of hydrogen-bond donors (Lipinski definition) is 0. The minimum absolute atomic E-state index is 0.00135. The van der Waals surface area contributed by atoms with Crippen molar-refractivity contribution in [3.05, 3.63) is 42.0 Å². The van der Waals surface area contributed by atoms with Crippen molar-refractivity contribution < 1.29 is 26.9 Å². The van der Waals surface area contributed by atoms with Crippen LogP contribution >= 0.6 is 0 Å². The topological polar surface area (TPSA) is 78.9 Å². The zero-order valence-corrected chi connectivity index (χ0v) is 24.5. The van der Waals surface area contributed by atoms with Gasteiger partial charge in [0.15, 0.2) is 0 Å². The lowest BCUT2D eigenvalue weighted by Gasteiger charge is -2.49. The molecular weight excluding hydrogens is 524 g/mol. The van der Waals surface area contributed by atoms with Crippen molar-refractivity contribution in [1.29, 1.82) is 0 Å². The molecule has 0 spiro atoms. The molecule has 214 valence electrons. The Hall–Kier alpha value is -1.70. The predicted octanol–water partition coefficient (Wildman–Crippen LogP) is 5.01. The van der Waals surface area contributed by atoms with E-state index in [1.54, 1.807) is 24.3 Å². The van der Waals surface area contributed by atoms with E-state index in [0.717, 1.165) is 47.5 Å². The van der Waals surface area contributed by atoms with Crippen molar-refractivity contribution in [3.8, 4) is 0 Å². The fraction of sp³-hybridized carbons (Fsp3) is 0.727. The largest absolute Gasteiger partial charge is 0.460 e. The van der Waals surface area contributed by atoms with E-state index in [4.69, 9.17) is 13.7 Å². The smallest absolute Gasteiger partial charge is 0.312 e. The highest BCUT2D eigenvalue weighted by Crippen LogP contribution is 2.77. The second-order valence-corrected chi connectivity index (χ2v) is 17.1. The summed E-state index contributed by atoms with van der Waals surface area (Å²) in [7, 11) is -4.03. The maximum atomic E-state index is 13.8. The fourth-order valence-electron chi connectivity index (χ4n) is 12.2. The van der Waals surface area contributed by atoms with E-state index in [2.05, 4.69) is 12.2 Å². The molecule has 1 aromatic carbocycles. The molecule has 16 unspecified atom stereocenters. The molecule has 1 aromatic rings.